The lowest BCUT2D eigenvalue weighted by Gasteiger charge is -2.30. The molecule has 0 saturated carbocycles. The van der Waals surface area contributed by atoms with Gasteiger partial charge in [-0.15, -0.1) is 0 Å². The molecule has 1 heterocycles. The first-order valence-corrected chi connectivity index (χ1v) is 6.70. The fourth-order valence-corrected chi connectivity index (χ4v) is 2.28. The van der Waals surface area contributed by atoms with Gasteiger partial charge in [0.05, 0.1) is 18.8 Å². The first-order valence-electron chi connectivity index (χ1n) is 6.70. The maximum atomic E-state index is 12.6. The molecule has 6 heteroatoms. The highest BCUT2D eigenvalue weighted by Gasteiger charge is 2.30. The van der Waals surface area contributed by atoms with Crippen molar-refractivity contribution in [2.24, 2.45) is 0 Å². The van der Waals surface area contributed by atoms with E-state index in [1.165, 1.54) is 12.1 Å². The zero-order chi connectivity index (χ0) is 14.6. The fraction of sp³-hybridized carbons (Fsp3) is 0.571. The van der Waals surface area contributed by atoms with Crippen LogP contribution in [0.2, 0.25) is 0 Å². The van der Waals surface area contributed by atoms with Crippen LogP contribution in [0.5, 0.6) is 0 Å². The van der Waals surface area contributed by atoms with Crippen LogP contribution in [0.3, 0.4) is 0 Å². The summed E-state index contributed by atoms with van der Waals surface area (Å²) in [6.45, 7) is 4.93. The number of hydrazine groups is 1. The second kappa shape index (κ2) is 6.56. The molecule has 1 saturated heterocycles. The maximum Gasteiger partial charge on any atom is 0.416 e. The third-order valence-electron chi connectivity index (χ3n) is 3.21. The smallest absolute Gasteiger partial charge is 0.379 e. The fourth-order valence-electron chi connectivity index (χ4n) is 2.28. The number of nitrogens with one attached hydrogen (secondary N) is 1. The van der Waals surface area contributed by atoms with E-state index >= 15 is 0 Å². The molecule has 20 heavy (non-hydrogen) atoms. The Balaban J connectivity index is 1.92. The van der Waals surface area contributed by atoms with Gasteiger partial charge in [0.15, 0.2) is 0 Å². The number of hydrogen-bond acceptors (Lipinski definition) is 3. The Morgan fingerprint density at radius 1 is 1.30 bits per heavy atom. The van der Waals surface area contributed by atoms with E-state index in [0.29, 0.717) is 25.2 Å². The predicted molar refractivity (Wildman–Crippen MR) is 70.1 cm³/mol. The first-order chi connectivity index (χ1) is 9.45. The number of benzene rings is 1. The standard InChI is InChI=1S/C14H19F3N2O/c1-11(18-19-5-7-20-8-6-19)9-12-3-2-4-13(10-12)14(15,16)17/h2-4,10-11,18H,5-9H2,1H3. The van der Waals surface area contributed by atoms with E-state index in [2.05, 4.69) is 10.4 Å². The summed E-state index contributed by atoms with van der Waals surface area (Å²) in [7, 11) is 0. The Kier molecular flexibility index (Phi) is 5.01. The van der Waals surface area contributed by atoms with Crippen molar-refractivity contribution in [3.05, 3.63) is 35.4 Å². The van der Waals surface area contributed by atoms with Gasteiger partial charge in [0.1, 0.15) is 0 Å². The first kappa shape index (κ1) is 15.3. The topological polar surface area (TPSA) is 24.5 Å². The summed E-state index contributed by atoms with van der Waals surface area (Å²) in [5, 5.41) is 2.06. The van der Waals surface area contributed by atoms with E-state index in [9.17, 15) is 13.2 Å². The number of morpholine rings is 1. The van der Waals surface area contributed by atoms with Crippen LogP contribution in [0.4, 0.5) is 13.2 Å². The second-order valence-electron chi connectivity index (χ2n) is 5.03. The Bertz CT molecular complexity index is 431. The molecule has 1 unspecified atom stereocenters. The van der Waals surface area contributed by atoms with E-state index in [4.69, 9.17) is 4.74 Å². The molecule has 0 radical (unpaired) electrons. The van der Waals surface area contributed by atoms with Gasteiger partial charge >= 0.3 is 6.18 Å². The SMILES string of the molecule is CC(Cc1cccc(C(F)(F)F)c1)NN1CCOCC1. The molecule has 0 bridgehead atoms. The maximum absolute atomic E-state index is 12.6. The van der Waals surface area contributed by atoms with Crippen molar-refractivity contribution in [1.82, 2.24) is 10.4 Å². The minimum absolute atomic E-state index is 0.0802. The van der Waals surface area contributed by atoms with Crippen LogP contribution in [0, 0.1) is 0 Å². The van der Waals surface area contributed by atoms with Crippen molar-refractivity contribution in [2.75, 3.05) is 26.3 Å². The minimum atomic E-state index is -4.28. The van der Waals surface area contributed by atoms with Gasteiger partial charge in [-0.1, -0.05) is 18.2 Å². The summed E-state index contributed by atoms with van der Waals surface area (Å²) >= 11 is 0. The molecule has 3 nitrogen and oxygen atoms in total. The quantitative estimate of drug-likeness (QED) is 0.921. The van der Waals surface area contributed by atoms with Gasteiger partial charge in [0, 0.05) is 19.1 Å². The predicted octanol–water partition coefficient (Wildman–Crippen LogP) is 2.47. The van der Waals surface area contributed by atoms with Crippen LogP contribution >= 0.6 is 0 Å². The lowest BCUT2D eigenvalue weighted by molar-refractivity contribution is -0.137. The molecule has 112 valence electrons. The summed E-state index contributed by atoms with van der Waals surface area (Å²) in [5.74, 6) is 0. The van der Waals surface area contributed by atoms with Gasteiger partial charge in [0.2, 0.25) is 0 Å². The van der Waals surface area contributed by atoms with Gasteiger partial charge in [-0.2, -0.15) is 13.2 Å². The third-order valence-corrected chi connectivity index (χ3v) is 3.21. The molecule has 0 amide bonds. The van der Waals surface area contributed by atoms with Crippen LogP contribution < -0.4 is 5.43 Å². The zero-order valence-electron chi connectivity index (χ0n) is 11.4. The second-order valence-corrected chi connectivity index (χ2v) is 5.03. The van der Waals surface area contributed by atoms with Crippen LogP contribution in [-0.4, -0.2) is 37.4 Å². The number of rotatable bonds is 4. The molecular weight excluding hydrogens is 269 g/mol. The number of hydrogen-bond donors (Lipinski definition) is 1. The van der Waals surface area contributed by atoms with E-state index in [-0.39, 0.29) is 6.04 Å². The average Bonchev–Trinajstić information content (AvgIpc) is 2.39. The summed E-state index contributed by atoms with van der Waals surface area (Å²) in [6.07, 6.45) is -3.72. The van der Waals surface area contributed by atoms with Crippen molar-refractivity contribution >= 4 is 0 Å². The molecule has 1 aromatic rings. The monoisotopic (exact) mass is 288 g/mol. The van der Waals surface area contributed by atoms with Gasteiger partial charge in [-0.25, -0.2) is 5.01 Å². The Morgan fingerprint density at radius 2 is 2.00 bits per heavy atom. The van der Waals surface area contributed by atoms with E-state index in [0.717, 1.165) is 19.2 Å². The zero-order valence-corrected chi connectivity index (χ0v) is 11.4. The van der Waals surface area contributed by atoms with Crippen molar-refractivity contribution in [3.8, 4) is 0 Å². The van der Waals surface area contributed by atoms with Crippen molar-refractivity contribution in [3.63, 3.8) is 0 Å². The van der Waals surface area contributed by atoms with Crippen LogP contribution in [0.1, 0.15) is 18.1 Å². The molecule has 2 rings (SSSR count). The third kappa shape index (κ3) is 4.47. The molecule has 1 N–H and O–H groups in total. The summed E-state index contributed by atoms with van der Waals surface area (Å²) < 4.78 is 43.2. The minimum Gasteiger partial charge on any atom is -0.379 e. The lowest BCUT2D eigenvalue weighted by Crippen LogP contribution is -2.49. The Labute approximate surface area is 116 Å². The molecule has 0 aliphatic carbocycles. The molecular formula is C14H19F3N2O. The largest absolute Gasteiger partial charge is 0.416 e. The number of alkyl halides is 3. The van der Waals surface area contributed by atoms with Crippen LogP contribution in [-0.2, 0) is 17.3 Å². The number of ether oxygens (including phenoxy) is 1. The van der Waals surface area contributed by atoms with Crippen molar-refractivity contribution in [1.29, 1.82) is 0 Å². The average molecular weight is 288 g/mol. The van der Waals surface area contributed by atoms with E-state index in [1.807, 2.05) is 6.92 Å². The normalized spacial score (nSPS) is 19.0. The van der Waals surface area contributed by atoms with Crippen molar-refractivity contribution < 1.29 is 17.9 Å². The summed E-state index contributed by atoms with van der Waals surface area (Å²) in [5.41, 5.74) is 3.40. The molecule has 1 atom stereocenters. The van der Waals surface area contributed by atoms with E-state index < -0.39 is 11.7 Å². The molecule has 0 spiro atoms. The van der Waals surface area contributed by atoms with Gasteiger partial charge in [-0.05, 0) is 25.0 Å². The Hall–Kier alpha value is -1.11. The highest BCUT2D eigenvalue weighted by atomic mass is 19.4. The molecule has 1 fully saturated rings. The molecule has 0 aromatic heterocycles. The molecule has 1 aromatic carbocycles. The van der Waals surface area contributed by atoms with Crippen LogP contribution in [0.25, 0.3) is 0 Å². The van der Waals surface area contributed by atoms with Crippen LogP contribution in [0.15, 0.2) is 24.3 Å². The molecule has 1 aliphatic rings. The Morgan fingerprint density at radius 3 is 2.65 bits per heavy atom. The molecule has 1 aliphatic heterocycles. The van der Waals surface area contributed by atoms with Crippen molar-refractivity contribution in [2.45, 2.75) is 25.6 Å². The number of nitrogens with zero attached hydrogens (tertiary/aromatic N) is 1. The number of halogens is 3. The van der Waals surface area contributed by atoms with Gasteiger partial charge < -0.3 is 4.74 Å². The lowest BCUT2D eigenvalue weighted by atomic mass is 10.0. The summed E-state index contributed by atoms with van der Waals surface area (Å²) in [4.78, 5) is 0. The van der Waals surface area contributed by atoms with Gasteiger partial charge in [0.25, 0.3) is 0 Å². The highest BCUT2D eigenvalue weighted by Crippen LogP contribution is 2.29. The van der Waals surface area contributed by atoms with Gasteiger partial charge in [-0.3, -0.25) is 5.43 Å². The highest BCUT2D eigenvalue weighted by molar-refractivity contribution is 5.26. The summed E-state index contributed by atoms with van der Waals surface area (Å²) in [6, 6.07) is 5.59. The van der Waals surface area contributed by atoms with E-state index in [1.54, 1.807) is 6.07 Å².